The summed E-state index contributed by atoms with van der Waals surface area (Å²) >= 11 is 0. The molecule has 2 rings (SSSR count). The third-order valence-electron chi connectivity index (χ3n) is 2.70. The SMILES string of the molecule is O=C(C=CC1=CCCC=C1)C=Cc1ccccc1. The molecule has 0 spiro atoms. The van der Waals surface area contributed by atoms with Gasteiger partial charge in [0.25, 0.3) is 0 Å². The van der Waals surface area contributed by atoms with Gasteiger partial charge >= 0.3 is 0 Å². The highest BCUT2D eigenvalue weighted by molar-refractivity contribution is 6.02. The van der Waals surface area contributed by atoms with E-state index in [9.17, 15) is 4.79 Å². The molecule has 18 heavy (non-hydrogen) atoms. The average Bonchev–Trinajstić information content (AvgIpc) is 2.45. The van der Waals surface area contributed by atoms with Crippen molar-refractivity contribution in [3.63, 3.8) is 0 Å². The maximum Gasteiger partial charge on any atom is 0.178 e. The number of ketones is 1. The van der Waals surface area contributed by atoms with Crippen LogP contribution in [0.15, 0.2) is 72.4 Å². The molecule has 0 N–H and O–H groups in total. The minimum atomic E-state index is 0.0127. The number of allylic oxidation sites excluding steroid dienone is 7. The lowest BCUT2D eigenvalue weighted by Gasteiger charge is -1.99. The van der Waals surface area contributed by atoms with Gasteiger partial charge in [-0.3, -0.25) is 4.79 Å². The van der Waals surface area contributed by atoms with Gasteiger partial charge in [0.15, 0.2) is 5.78 Å². The molecule has 0 atom stereocenters. The number of carbonyl (C=O) groups excluding carboxylic acids is 1. The third kappa shape index (κ3) is 4.02. The van der Waals surface area contributed by atoms with E-state index < -0.39 is 0 Å². The average molecular weight is 236 g/mol. The van der Waals surface area contributed by atoms with Crippen molar-refractivity contribution >= 4 is 11.9 Å². The molecule has 1 heteroatoms. The monoisotopic (exact) mass is 236 g/mol. The van der Waals surface area contributed by atoms with E-state index in [-0.39, 0.29) is 5.78 Å². The molecule has 0 bridgehead atoms. The molecule has 0 aliphatic heterocycles. The van der Waals surface area contributed by atoms with E-state index in [2.05, 4.69) is 12.2 Å². The quantitative estimate of drug-likeness (QED) is 0.719. The van der Waals surface area contributed by atoms with Crippen LogP contribution in [-0.2, 0) is 4.79 Å². The Morgan fingerprint density at radius 1 is 1.00 bits per heavy atom. The van der Waals surface area contributed by atoms with Crippen LogP contribution < -0.4 is 0 Å². The smallest absolute Gasteiger partial charge is 0.178 e. The summed E-state index contributed by atoms with van der Waals surface area (Å²) in [5.74, 6) is 0.0127. The van der Waals surface area contributed by atoms with Crippen molar-refractivity contribution in [1.82, 2.24) is 0 Å². The second-order valence-electron chi connectivity index (χ2n) is 4.16. The van der Waals surface area contributed by atoms with Gasteiger partial charge in [-0.05, 0) is 36.1 Å². The van der Waals surface area contributed by atoms with Crippen molar-refractivity contribution < 1.29 is 4.79 Å². The Kier molecular flexibility index (Phi) is 4.48. The maximum atomic E-state index is 11.6. The summed E-state index contributed by atoms with van der Waals surface area (Å²) < 4.78 is 0. The maximum absolute atomic E-state index is 11.6. The van der Waals surface area contributed by atoms with E-state index in [1.165, 1.54) is 0 Å². The van der Waals surface area contributed by atoms with Gasteiger partial charge in [0.1, 0.15) is 0 Å². The van der Waals surface area contributed by atoms with E-state index >= 15 is 0 Å². The van der Waals surface area contributed by atoms with Crippen molar-refractivity contribution in [3.05, 3.63) is 77.9 Å². The van der Waals surface area contributed by atoms with Crippen molar-refractivity contribution in [3.8, 4) is 0 Å². The van der Waals surface area contributed by atoms with Gasteiger partial charge in [0.05, 0.1) is 0 Å². The van der Waals surface area contributed by atoms with E-state index in [4.69, 9.17) is 0 Å². The lowest BCUT2D eigenvalue weighted by Crippen LogP contribution is -1.87. The Labute approximate surface area is 108 Å². The van der Waals surface area contributed by atoms with Crippen molar-refractivity contribution in [2.75, 3.05) is 0 Å². The fraction of sp³-hybridized carbons (Fsp3) is 0.118. The zero-order valence-corrected chi connectivity index (χ0v) is 10.3. The van der Waals surface area contributed by atoms with E-state index in [1.54, 1.807) is 12.2 Å². The molecule has 1 aliphatic carbocycles. The second-order valence-corrected chi connectivity index (χ2v) is 4.16. The highest BCUT2D eigenvalue weighted by Crippen LogP contribution is 2.10. The van der Waals surface area contributed by atoms with Gasteiger partial charge in [-0.25, -0.2) is 0 Å². The van der Waals surface area contributed by atoms with Crippen LogP contribution >= 0.6 is 0 Å². The Morgan fingerprint density at radius 2 is 1.78 bits per heavy atom. The molecule has 1 aromatic rings. The van der Waals surface area contributed by atoms with Crippen LogP contribution in [0.4, 0.5) is 0 Å². The van der Waals surface area contributed by atoms with Crippen LogP contribution in [0.25, 0.3) is 6.08 Å². The second kappa shape index (κ2) is 6.55. The summed E-state index contributed by atoms with van der Waals surface area (Å²) in [6.07, 6.45) is 15.4. The highest BCUT2D eigenvalue weighted by atomic mass is 16.1. The van der Waals surface area contributed by atoms with E-state index in [0.29, 0.717) is 0 Å². The topological polar surface area (TPSA) is 17.1 Å². The molecule has 0 heterocycles. The first-order valence-electron chi connectivity index (χ1n) is 6.16. The molecule has 1 aliphatic rings. The van der Waals surface area contributed by atoms with Gasteiger partial charge in [-0.1, -0.05) is 60.7 Å². The minimum Gasteiger partial charge on any atom is -0.290 e. The van der Waals surface area contributed by atoms with Crippen molar-refractivity contribution in [2.45, 2.75) is 12.8 Å². The van der Waals surface area contributed by atoms with Crippen LogP contribution in [0.5, 0.6) is 0 Å². The van der Waals surface area contributed by atoms with Gasteiger partial charge in [0, 0.05) is 0 Å². The first-order chi connectivity index (χ1) is 8.84. The fourth-order valence-corrected chi connectivity index (χ4v) is 1.73. The largest absolute Gasteiger partial charge is 0.290 e. The molecule has 0 aromatic heterocycles. The zero-order valence-electron chi connectivity index (χ0n) is 10.3. The van der Waals surface area contributed by atoms with Crippen molar-refractivity contribution in [1.29, 1.82) is 0 Å². The first kappa shape index (κ1) is 12.3. The predicted molar refractivity (Wildman–Crippen MR) is 76.1 cm³/mol. The molecular formula is C17H16O. The van der Waals surface area contributed by atoms with Crippen LogP contribution in [-0.4, -0.2) is 5.78 Å². The minimum absolute atomic E-state index is 0.0127. The summed E-state index contributed by atoms with van der Waals surface area (Å²) in [5.41, 5.74) is 2.15. The molecule has 0 fully saturated rings. The Balaban J connectivity index is 1.93. The lowest BCUT2D eigenvalue weighted by molar-refractivity contribution is -0.110. The predicted octanol–water partition coefficient (Wildman–Crippen LogP) is 4.10. The standard InChI is InChI=1S/C17H16O/c18-17(13-11-15-7-3-1-4-8-15)14-12-16-9-5-2-6-10-16/h1,3-5,7-14H,2,6H2. The summed E-state index contributed by atoms with van der Waals surface area (Å²) in [4.78, 5) is 11.6. The number of carbonyl (C=O) groups is 1. The molecule has 0 radical (unpaired) electrons. The fourth-order valence-electron chi connectivity index (χ4n) is 1.73. The summed E-state index contributed by atoms with van der Waals surface area (Å²) in [7, 11) is 0. The molecule has 0 saturated carbocycles. The Hall–Kier alpha value is -2.15. The van der Waals surface area contributed by atoms with Gasteiger partial charge in [-0.2, -0.15) is 0 Å². The van der Waals surface area contributed by atoms with Crippen molar-refractivity contribution in [2.24, 2.45) is 0 Å². The van der Waals surface area contributed by atoms with Crippen LogP contribution in [0.2, 0.25) is 0 Å². The molecule has 0 amide bonds. The Bertz CT molecular complexity index is 516. The Morgan fingerprint density at radius 3 is 2.50 bits per heavy atom. The number of hydrogen-bond acceptors (Lipinski definition) is 1. The lowest BCUT2D eigenvalue weighted by atomic mass is 10.1. The van der Waals surface area contributed by atoms with Gasteiger partial charge < -0.3 is 0 Å². The molecule has 0 unspecified atom stereocenters. The molecular weight excluding hydrogens is 220 g/mol. The molecule has 1 aromatic carbocycles. The normalized spacial score (nSPS) is 15.2. The molecule has 0 saturated heterocycles. The summed E-state index contributed by atoms with van der Waals surface area (Å²) in [6, 6.07) is 9.82. The highest BCUT2D eigenvalue weighted by Gasteiger charge is 1.94. The number of rotatable bonds is 4. The van der Waals surface area contributed by atoms with E-state index in [1.807, 2.05) is 48.6 Å². The van der Waals surface area contributed by atoms with Gasteiger partial charge in [-0.15, -0.1) is 0 Å². The number of benzene rings is 1. The van der Waals surface area contributed by atoms with Crippen LogP contribution in [0.3, 0.4) is 0 Å². The van der Waals surface area contributed by atoms with Crippen LogP contribution in [0, 0.1) is 0 Å². The van der Waals surface area contributed by atoms with E-state index in [0.717, 1.165) is 24.0 Å². The summed E-state index contributed by atoms with van der Waals surface area (Å²) in [5, 5.41) is 0. The van der Waals surface area contributed by atoms with Gasteiger partial charge in [0.2, 0.25) is 0 Å². The molecule has 1 nitrogen and oxygen atoms in total. The molecule has 90 valence electrons. The zero-order chi connectivity index (χ0) is 12.6. The first-order valence-corrected chi connectivity index (χ1v) is 6.16. The summed E-state index contributed by atoms with van der Waals surface area (Å²) in [6.45, 7) is 0. The third-order valence-corrected chi connectivity index (χ3v) is 2.70. The van der Waals surface area contributed by atoms with Crippen LogP contribution in [0.1, 0.15) is 18.4 Å². The number of hydrogen-bond donors (Lipinski definition) is 0.